The molecule has 0 aromatic heterocycles. The molecule has 2 heterocycles. The Balaban J connectivity index is 1.53. The molecule has 2 aliphatic rings. The first-order chi connectivity index (χ1) is 15.2. The van der Waals surface area contributed by atoms with Gasteiger partial charge in [-0.3, -0.25) is 4.79 Å². The van der Waals surface area contributed by atoms with Crippen LogP contribution in [0.25, 0.3) is 10.8 Å². The van der Waals surface area contributed by atoms with E-state index in [9.17, 15) is 4.79 Å². The van der Waals surface area contributed by atoms with Crippen molar-refractivity contribution in [1.29, 1.82) is 0 Å². The lowest BCUT2D eigenvalue weighted by atomic mass is 9.77. The van der Waals surface area contributed by atoms with Crippen LogP contribution in [0.3, 0.4) is 0 Å². The van der Waals surface area contributed by atoms with E-state index in [0.717, 1.165) is 13.0 Å². The first kappa shape index (κ1) is 22.5. The molecule has 0 N–H and O–H groups in total. The highest BCUT2D eigenvalue weighted by Gasteiger charge is 2.49. The van der Waals surface area contributed by atoms with E-state index >= 15 is 0 Å². The van der Waals surface area contributed by atoms with Gasteiger partial charge in [-0.2, -0.15) is 0 Å². The van der Waals surface area contributed by atoms with Crippen molar-refractivity contribution in [3.05, 3.63) is 83.9 Å². The Labute approximate surface area is 216 Å². The summed E-state index contributed by atoms with van der Waals surface area (Å²) < 4.78 is 4.93. The summed E-state index contributed by atoms with van der Waals surface area (Å²) in [7, 11) is 3.51. The van der Waals surface area contributed by atoms with E-state index in [0.29, 0.717) is 18.2 Å². The molecule has 7 heteroatoms. The zero-order chi connectivity index (χ0) is 21.4. The molecule has 0 amide bonds. The summed E-state index contributed by atoms with van der Waals surface area (Å²) in [6.07, 6.45) is 1.55. The molecule has 0 unspecified atom stereocenters. The second-order valence-corrected chi connectivity index (χ2v) is 11.7. The molecule has 31 heavy (non-hydrogen) atoms. The average molecular weight is 672 g/mol. The Morgan fingerprint density at radius 2 is 1.58 bits per heavy atom. The van der Waals surface area contributed by atoms with Gasteiger partial charge in [0.1, 0.15) is 5.78 Å². The molecule has 0 aliphatic carbocycles. The molecule has 3 aromatic rings. The largest absolute Gasteiger partial charge is 0.299 e. The molecule has 0 radical (unpaired) electrons. The highest BCUT2D eigenvalue weighted by molar-refractivity contribution is 14.2. The fourth-order valence-electron chi connectivity index (χ4n) is 5.16. The van der Waals surface area contributed by atoms with Crippen molar-refractivity contribution in [3.8, 4) is 0 Å². The van der Waals surface area contributed by atoms with E-state index in [4.69, 9.17) is 0 Å². The van der Waals surface area contributed by atoms with Crippen molar-refractivity contribution < 1.29 is 4.79 Å². The summed E-state index contributed by atoms with van der Waals surface area (Å²) in [4.78, 5) is 13.4. The van der Waals surface area contributed by atoms with Crippen LogP contribution in [0, 0.1) is 5.92 Å². The SMILES string of the molecule is O=C1C[C@@H](c2cccc3ccccc23)N(SI)[C@H]2C[C@@H](c3ccccc3)N(SI)C[C@@H]12. The quantitative estimate of drug-likeness (QED) is 0.210. The van der Waals surface area contributed by atoms with Crippen LogP contribution >= 0.6 is 60.6 Å². The van der Waals surface area contributed by atoms with Crippen LogP contribution in [0.2, 0.25) is 0 Å². The lowest BCUT2D eigenvalue weighted by Crippen LogP contribution is -2.55. The number of nitrogens with zero attached hydrogens (tertiary/aromatic N) is 2. The van der Waals surface area contributed by atoms with Gasteiger partial charge < -0.3 is 0 Å². The van der Waals surface area contributed by atoms with Crippen molar-refractivity contribution >= 4 is 77.2 Å². The van der Waals surface area contributed by atoms with E-state index in [-0.39, 0.29) is 18.0 Å². The average Bonchev–Trinajstić information content (AvgIpc) is 2.83. The maximum atomic E-state index is 13.4. The number of hydrogen-bond donors (Lipinski definition) is 0. The summed E-state index contributed by atoms with van der Waals surface area (Å²) >= 11 is 4.78. The molecule has 4 atom stereocenters. The third-order valence-electron chi connectivity index (χ3n) is 6.63. The molecule has 2 fully saturated rings. The van der Waals surface area contributed by atoms with Gasteiger partial charge in [0.2, 0.25) is 0 Å². The van der Waals surface area contributed by atoms with Gasteiger partial charge in [0.05, 0.1) is 6.04 Å². The molecule has 2 saturated heterocycles. The summed E-state index contributed by atoms with van der Waals surface area (Å²) in [6.45, 7) is 0.812. The number of Topliss-reactive ketones (excluding diaryl/α,β-unsaturated/α-hetero) is 1. The van der Waals surface area contributed by atoms with Crippen molar-refractivity contribution in [1.82, 2.24) is 8.61 Å². The standard InChI is InChI=1S/C24H22I2N2OS2/c25-30-27-15-20-22(13-21(27)17-8-2-1-3-9-17)28(31-26)23(14-24(20)29)19-12-6-10-16-7-4-5-11-18(16)19/h1-12,20-23H,13-15H2/t20-,21+,22+,23+/m1/s1. The Hall–Kier alpha value is -0.330. The summed E-state index contributed by atoms with van der Waals surface area (Å²) in [6, 6.07) is 26.5. The van der Waals surface area contributed by atoms with Crippen molar-refractivity contribution in [3.63, 3.8) is 0 Å². The van der Waals surface area contributed by atoms with Gasteiger partial charge in [-0.15, -0.1) is 0 Å². The van der Waals surface area contributed by atoms with Crippen LogP contribution in [-0.2, 0) is 4.79 Å². The molecule has 0 bridgehead atoms. The molecule has 3 nitrogen and oxygen atoms in total. The second kappa shape index (κ2) is 9.89. The van der Waals surface area contributed by atoms with Crippen LogP contribution in [0.1, 0.15) is 36.1 Å². The zero-order valence-corrected chi connectivity index (χ0v) is 22.7. The summed E-state index contributed by atoms with van der Waals surface area (Å²) in [5, 5.41) is 2.50. The van der Waals surface area contributed by atoms with Gasteiger partial charge in [-0.25, -0.2) is 8.61 Å². The van der Waals surface area contributed by atoms with Gasteiger partial charge in [0, 0.05) is 73.4 Å². The van der Waals surface area contributed by atoms with Crippen molar-refractivity contribution in [2.75, 3.05) is 6.54 Å². The lowest BCUT2D eigenvalue weighted by molar-refractivity contribution is -0.131. The van der Waals surface area contributed by atoms with E-state index in [1.54, 1.807) is 18.2 Å². The monoisotopic (exact) mass is 672 g/mol. The normalized spacial score (nSPS) is 27.4. The van der Waals surface area contributed by atoms with E-state index in [1.165, 1.54) is 21.9 Å². The number of rotatable bonds is 4. The smallest absolute Gasteiger partial charge is 0.140 e. The number of hydrogen-bond acceptors (Lipinski definition) is 5. The highest BCUT2D eigenvalue weighted by atomic mass is 127. The Bertz CT molecular complexity index is 1080. The van der Waals surface area contributed by atoms with Crippen LogP contribution < -0.4 is 0 Å². The minimum atomic E-state index is 0.0655. The predicted molar refractivity (Wildman–Crippen MR) is 149 cm³/mol. The van der Waals surface area contributed by atoms with Crippen molar-refractivity contribution in [2.45, 2.75) is 31.0 Å². The first-order valence-corrected chi connectivity index (χ1v) is 17.0. The third-order valence-corrected chi connectivity index (χ3v) is 10.8. The second-order valence-electron chi connectivity index (χ2n) is 8.19. The molecule has 5 rings (SSSR count). The van der Waals surface area contributed by atoms with Gasteiger partial charge in [-0.1, -0.05) is 72.8 Å². The van der Waals surface area contributed by atoms with Crippen LogP contribution in [0.5, 0.6) is 0 Å². The molecule has 0 saturated carbocycles. The maximum absolute atomic E-state index is 13.4. The number of benzene rings is 3. The Morgan fingerprint density at radius 1 is 0.839 bits per heavy atom. The fourth-order valence-corrected chi connectivity index (χ4v) is 9.30. The number of halogens is 2. The minimum Gasteiger partial charge on any atom is -0.299 e. The third kappa shape index (κ3) is 4.30. The Kier molecular flexibility index (Phi) is 7.16. The van der Waals surface area contributed by atoms with Gasteiger partial charge in [0.25, 0.3) is 0 Å². The van der Waals surface area contributed by atoms with Crippen molar-refractivity contribution in [2.24, 2.45) is 5.92 Å². The maximum Gasteiger partial charge on any atom is 0.140 e. The number of carbonyl (C=O) groups excluding carboxylic acids is 1. The number of piperidine rings is 2. The molecular weight excluding hydrogens is 650 g/mol. The van der Waals surface area contributed by atoms with Gasteiger partial charge in [0.15, 0.2) is 0 Å². The number of ketones is 1. The summed E-state index contributed by atoms with van der Waals surface area (Å²) in [5.74, 6) is 0.474. The van der Waals surface area contributed by atoms with E-state index in [2.05, 4.69) is 124 Å². The first-order valence-electron chi connectivity index (χ1n) is 10.4. The fraction of sp³-hybridized carbons (Fsp3) is 0.292. The van der Waals surface area contributed by atoms with Crippen LogP contribution in [0.15, 0.2) is 72.8 Å². The zero-order valence-electron chi connectivity index (χ0n) is 16.7. The van der Waals surface area contributed by atoms with Crippen LogP contribution in [0.4, 0.5) is 0 Å². The topological polar surface area (TPSA) is 23.6 Å². The molecule has 3 aromatic carbocycles. The lowest BCUT2D eigenvalue weighted by Gasteiger charge is -2.50. The number of fused-ring (bicyclic) bond motifs is 2. The molecule has 160 valence electrons. The van der Waals surface area contributed by atoms with Gasteiger partial charge in [-0.05, 0) is 46.6 Å². The van der Waals surface area contributed by atoms with Crippen LogP contribution in [-0.4, -0.2) is 27.0 Å². The summed E-state index contributed by atoms with van der Waals surface area (Å²) in [5.41, 5.74) is 2.61. The van der Waals surface area contributed by atoms with E-state index in [1.807, 2.05) is 0 Å². The molecule has 2 aliphatic heterocycles. The van der Waals surface area contributed by atoms with Gasteiger partial charge >= 0.3 is 0 Å². The highest BCUT2D eigenvalue weighted by Crippen LogP contribution is 2.51. The Morgan fingerprint density at radius 3 is 2.35 bits per heavy atom. The molecular formula is C24H22I2N2OS2. The van der Waals surface area contributed by atoms with E-state index < -0.39 is 0 Å². The number of carbonyl (C=O) groups is 1. The molecule has 0 spiro atoms. The predicted octanol–water partition coefficient (Wildman–Crippen LogP) is 7.58. The minimum absolute atomic E-state index is 0.0655.